The summed E-state index contributed by atoms with van der Waals surface area (Å²) in [5.41, 5.74) is 8.51. The van der Waals surface area contributed by atoms with Crippen LogP contribution in [0.2, 0.25) is 0 Å². The summed E-state index contributed by atoms with van der Waals surface area (Å²) in [5.74, 6) is 2.96. The van der Waals surface area contributed by atoms with E-state index in [1.54, 1.807) is 0 Å². The summed E-state index contributed by atoms with van der Waals surface area (Å²) in [4.78, 5) is 2.54. The normalized spacial score (nSPS) is 21.7. The highest BCUT2D eigenvalue weighted by molar-refractivity contribution is 5.50. The average Bonchev–Trinajstić information content (AvgIpc) is 2.58. The molecule has 1 aromatic heterocycles. The van der Waals surface area contributed by atoms with E-state index in [4.69, 9.17) is 5.73 Å². The fourth-order valence-electron chi connectivity index (χ4n) is 3.65. The molecule has 2 N–H and O–H groups in total. The van der Waals surface area contributed by atoms with E-state index in [1.807, 2.05) is 0 Å². The minimum atomic E-state index is 0.182. The predicted molar refractivity (Wildman–Crippen MR) is 89.7 cm³/mol. The third-order valence-corrected chi connectivity index (χ3v) is 4.85. The second-order valence-electron chi connectivity index (χ2n) is 7.11. The van der Waals surface area contributed by atoms with Crippen LogP contribution in [0.1, 0.15) is 51.3 Å². The van der Waals surface area contributed by atoms with Crippen molar-refractivity contribution in [2.24, 2.45) is 24.6 Å². The van der Waals surface area contributed by atoms with E-state index in [2.05, 4.69) is 49.4 Å². The first-order chi connectivity index (χ1) is 9.90. The Morgan fingerprint density at radius 1 is 1.24 bits per heavy atom. The molecule has 0 bridgehead atoms. The van der Waals surface area contributed by atoms with Gasteiger partial charge in [-0.15, -0.1) is 0 Å². The highest BCUT2D eigenvalue weighted by Crippen LogP contribution is 2.30. The molecule has 120 valence electrons. The molecule has 0 saturated carbocycles. The lowest BCUT2D eigenvalue weighted by atomic mass is 9.89. The van der Waals surface area contributed by atoms with Crippen LogP contribution >= 0.6 is 0 Å². The lowest BCUT2D eigenvalue weighted by molar-refractivity contribution is 0.351. The number of aromatic nitrogens is 2. The van der Waals surface area contributed by atoms with Gasteiger partial charge in [-0.05, 0) is 51.4 Å². The summed E-state index contributed by atoms with van der Waals surface area (Å²) in [6.45, 7) is 11.2. The second kappa shape index (κ2) is 6.82. The van der Waals surface area contributed by atoms with Crippen LogP contribution in [0, 0.1) is 18.8 Å². The SMILES string of the molecule is Cc1nn(C)c(N2CCCC(C(C)C)CC2)c1CC(C)N. The van der Waals surface area contributed by atoms with Crippen LogP contribution in [0.15, 0.2) is 0 Å². The van der Waals surface area contributed by atoms with Crippen molar-refractivity contribution in [1.82, 2.24) is 9.78 Å². The van der Waals surface area contributed by atoms with Gasteiger partial charge in [0.05, 0.1) is 5.69 Å². The van der Waals surface area contributed by atoms with Crippen molar-refractivity contribution in [1.29, 1.82) is 0 Å². The molecule has 4 heteroatoms. The van der Waals surface area contributed by atoms with Crippen molar-refractivity contribution in [3.05, 3.63) is 11.3 Å². The van der Waals surface area contributed by atoms with E-state index in [0.29, 0.717) is 0 Å². The molecule has 0 spiro atoms. The number of anilines is 1. The Hall–Kier alpha value is -1.03. The minimum Gasteiger partial charge on any atom is -0.357 e. The molecule has 1 fully saturated rings. The Bertz CT molecular complexity index is 462. The van der Waals surface area contributed by atoms with Crippen molar-refractivity contribution in [3.8, 4) is 0 Å². The largest absolute Gasteiger partial charge is 0.357 e. The zero-order valence-corrected chi connectivity index (χ0v) is 14.4. The Labute approximate surface area is 129 Å². The van der Waals surface area contributed by atoms with Gasteiger partial charge < -0.3 is 10.6 Å². The molecule has 0 aliphatic carbocycles. The van der Waals surface area contributed by atoms with Gasteiger partial charge in [0.1, 0.15) is 5.82 Å². The predicted octanol–water partition coefficient (Wildman–Crippen LogP) is 2.88. The summed E-state index contributed by atoms with van der Waals surface area (Å²) in [5, 5.41) is 4.64. The lowest BCUT2D eigenvalue weighted by Gasteiger charge is -2.25. The maximum atomic E-state index is 6.04. The van der Waals surface area contributed by atoms with Crippen LogP contribution in [-0.2, 0) is 13.5 Å². The van der Waals surface area contributed by atoms with Gasteiger partial charge in [-0.1, -0.05) is 13.8 Å². The molecule has 1 aliphatic heterocycles. The monoisotopic (exact) mass is 292 g/mol. The molecule has 1 aromatic rings. The summed E-state index contributed by atoms with van der Waals surface area (Å²) in [7, 11) is 2.07. The van der Waals surface area contributed by atoms with Gasteiger partial charge in [-0.3, -0.25) is 4.68 Å². The molecule has 2 rings (SSSR count). The third kappa shape index (κ3) is 3.79. The van der Waals surface area contributed by atoms with Crippen molar-refractivity contribution >= 4 is 5.82 Å². The fraction of sp³-hybridized carbons (Fsp3) is 0.824. The number of aryl methyl sites for hydroxylation is 2. The van der Waals surface area contributed by atoms with Gasteiger partial charge in [0.15, 0.2) is 0 Å². The fourth-order valence-corrected chi connectivity index (χ4v) is 3.65. The Kier molecular flexibility index (Phi) is 5.31. The Balaban J connectivity index is 2.21. The molecule has 4 nitrogen and oxygen atoms in total. The smallest absolute Gasteiger partial charge is 0.130 e. The summed E-state index contributed by atoms with van der Waals surface area (Å²) in [6.07, 6.45) is 4.84. The molecule has 0 radical (unpaired) electrons. The molecule has 1 saturated heterocycles. The van der Waals surface area contributed by atoms with Gasteiger partial charge in [-0.25, -0.2) is 0 Å². The van der Waals surface area contributed by atoms with Gasteiger partial charge in [0.25, 0.3) is 0 Å². The average molecular weight is 292 g/mol. The van der Waals surface area contributed by atoms with Gasteiger partial charge in [0, 0.05) is 31.7 Å². The minimum absolute atomic E-state index is 0.182. The topological polar surface area (TPSA) is 47.1 Å². The molecule has 2 unspecified atom stereocenters. The van der Waals surface area contributed by atoms with E-state index in [9.17, 15) is 0 Å². The Morgan fingerprint density at radius 2 is 1.95 bits per heavy atom. The molecular formula is C17H32N4. The van der Waals surface area contributed by atoms with Crippen LogP contribution < -0.4 is 10.6 Å². The van der Waals surface area contributed by atoms with Crippen molar-refractivity contribution in [2.75, 3.05) is 18.0 Å². The number of hydrogen-bond acceptors (Lipinski definition) is 3. The van der Waals surface area contributed by atoms with Crippen LogP contribution in [0.5, 0.6) is 0 Å². The zero-order chi connectivity index (χ0) is 15.6. The Morgan fingerprint density at radius 3 is 2.57 bits per heavy atom. The molecule has 0 aromatic carbocycles. The van der Waals surface area contributed by atoms with E-state index in [-0.39, 0.29) is 6.04 Å². The van der Waals surface area contributed by atoms with E-state index in [1.165, 1.54) is 30.6 Å². The van der Waals surface area contributed by atoms with E-state index in [0.717, 1.165) is 37.0 Å². The van der Waals surface area contributed by atoms with Crippen LogP contribution in [0.3, 0.4) is 0 Å². The maximum Gasteiger partial charge on any atom is 0.130 e. The number of nitrogens with zero attached hydrogens (tertiary/aromatic N) is 3. The summed E-state index contributed by atoms with van der Waals surface area (Å²) >= 11 is 0. The van der Waals surface area contributed by atoms with Gasteiger partial charge in [0.2, 0.25) is 0 Å². The van der Waals surface area contributed by atoms with Crippen molar-refractivity contribution in [2.45, 2.75) is 59.4 Å². The maximum absolute atomic E-state index is 6.04. The van der Waals surface area contributed by atoms with Gasteiger partial charge >= 0.3 is 0 Å². The van der Waals surface area contributed by atoms with Gasteiger partial charge in [-0.2, -0.15) is 5.10 Å². The highest BCUT2D eigenvalue weighted by atomic mass is 15.4. The van der Waals surface area contributed by atoms with Crippen LogP contribution in [0.25, 0.3) is 0 Å². The van der Waals surface area contributed by atoms with E-state index < -0.39 is 0 Å². The van der Waals surface area contributed by atoms with E-state index >= 15 is 0 Å². The highest BCUT2D eigenvalue weighted by Gasteiger charge is 2.24. The molecular weight excluding hydrogens is 260 g/mol. The van der Waals surface area contributed by atoms with Crippen molar-refractivity contribution in [3.63, 3.8) is 0 Å². The molecule has 2 heterocycles. The van der Waals surface area contributed by atoms with Crippen LogP contribution in [0.4, 0.5) is 5.82 Å². The molecule has 1 aliphatic rings. The molecule has 0 amide bonds. The first kappa shape index (κ1) is 16.3. The summed E-state index contributed by atoms with van der Waals surface area (Å²) in [6, 6.07) is 0.182. The zero-order valence-electron chi connectivity index (χ0n) is 14.4. The second-order valence-corrected chi connectivity index (χ2v) is 7.11. The number of rotatable bonds is 4. The van der Waals surface area contributed by atoms with Crippen LogP contribution in [-0.4, -0.2) is 28.9 Å². The lowest BCUT2D eigenvalue weighted by Crippen LogP contribution is -2.29. The summed E-state index contributed by atoms with van der Waals surface area (Å²) < 4.78 is 2.06. The molecule has 2 atom stereocenters. The first-order valence-electron chi connectivity index (χ1n) is 8.43. The standard InChI is InChI=1S/C17H32N4/c1-12(2)15-7-6-9-21(10-8-15)17-16(11-13(3)18)14(4)19-20(17)5/h12-13,15H,6-11,18H2,1-5H3. The quantitative estimate of drug-likeness (QED) is 0.928. The van der Waals surface area contributed by atoms with Crippen molar-refractivity contribution < 1.29 is 0 Å². The third-order valence-electron chi connectivity index (χ3n) is 4.85. The number of hydrogen-bond donors (Lipinski definition) is 1. The molecule has 21 heavy (non-hydrogen) atoms. The number of nitrogens with two attached hydrogens (primary N) is 1. The first-order valence-corrected chi connectivity index (χ1v) is 8.43.